The maximum absolute atomic E-state index is 12.0. The average Bonchev–Trinajstić information content (AvgIpc) is 2.60. The van der Waals surface area contributed by atoms with Crippen molar-refractivity contribution in [3.8, 4) is 5.75 Å². The summed E-state index contributed by atoms with van der Waals surface area (Å²) in [6.45, 7) is 2.32. The summed E-state index contributed by atoms with van der Waals surface area (Å²) in [6.07, 6.45) is 0.596. The van der Waals surface area contributed by atoms with Crippen molar-refractivity contribution in [2.24, 2.45) is 0 Å². The third-order valence-electron chi connectivity index (χ3n) is 3.87. The third-order valence-corrected chi connectivity index (χ3v) is 4.28. The fourth-order valence-corrected chi connectivity index (χ4v) is 2.61. The molecule has 0 radical (unpaired) electrons. The van der Waals surface area contributed by atoms with Crippen LogP contribution in [0.3, 0.4) is 0 Å². The molecule has 2 N–H and O–H groups in total. The number of benzene rings is 2. The van der Waals surface area contributed by atoms with E-state index in [9.17, 15) is 9.90 Å². The van der Waals surface area contributed by atoms with Gasteiger partial charge >= 0.3 is 0 Å². The van der Waals surface area contributed by atoms with Gasteiger partial charge in [0.2, 0.25) is 0 Å². The van der Waals surface area contributed by atoms with E-state index in [2.05, 4.69) is 5.32 Å². The van der Waals surface area contributed by atoms with Crippen molar-refractivity contribution in [3.05, 3.63) is 64.7 Å². The number of rotatable bonds is 8. The van der Waals surface area contributed by atoms with Crippen molar-refractivity contribution in [2.45, 2.75) is 19.3 Å². The summed E-state index contributed by atoms with van der Waals surface area (Å²) >= 11 is 6.03. The van der Waals surface area contributed by atoms with Crippen LogP contribution in [0.25, 0.3) is 0 Å². The molecular formula is C19H22ClNO3. The molecule has 0 aliphatic rings. The molecule has 0 heterocycles. The smallest absolute Gasteiger partial charge is 0.257 e. The van der Waals surface area contributed by atoms with Gasteiger partial charge in [-0.2, -0.15) is 0 Å². The van der Waals surface area contributed by atoms with E-state index < -0.39 is 0 Å². The molecule has 2 aromatic rings. The molecule has 0 bridgehead atoms. The fourth-order valence-electron chi connectivity index (χ4n) is 2.44. The fraction of sp³-hybridized carbons (Fsp3) is 0.316. The minimum atomic E-state index is -0.201. The molecule has 4 nitrogen and oxygen atoms in total. The first-order valence-electron chi connectivity index (χ1n) is 7.92. The van der Waals surface area contributed by atoms with Gasteiger partial charge in [-0.15, -0.1) is 0 Å². The standard InChI is InChI=1S/C19H22ClNO3/c1-14-17(20)8-5-9-18(14)24-13-19(23)21-12-16(10-11-22)15-6-3-2-4-7-15/h2-9,16,22H,10-13H2,1H3,(H,21,23). The summed E-state index contributed by atoms with van der Waals surface area (Å²) in [5.41, 5.74) is 1.91. The number of ether oxygens (including phenoxy) is 1. The van der Waals surface area contributed by atoms with Crippen LogP contribution >= 0.6 is 11.6 Å². The minimum absolute atomic E-state index is 0.0676. The lowest BCUT2D eigenvalue weighted by Crippen LogP contribution is -2.32. The summed E-state index contributed by atoms with van der Waals surface area (Å²) in [7, 11) is 0. The van der Waals surface area contributed by atoms with Gasteiger partial charge in [0.25, 0.3) is 5.91 Å². The number of hydrogen-bond acceptors (Lipinski definition) is 3. The molecule has 0 fully saturated rings. The molecule has 24 heavy (non-hydrogen) atoms. The van der Waals surface area contributed by atoms with Gasteiger partial charge in [-0.25, -0.2) is 0 Å². The van der Waals surface area contributed by atoms with E-state index in [1.165, 1.54) is 0 Å². The van der Waals surface area contributed by atoms with Crippen molar-refractivity contribution in [1.82, 2.24) is 5.32 Å². The van der Waals surface area contributed by atoms with Crippen LogP contribution in [0.1, 0.15) is 23.5 Å². The molecule has 2 rings (SSSR count). The van der Waals surface area contributed by atoms with Crippen LogP contribution in [-0.2, 0) is 4.79 Å². The summed E-state index contributed by atoms with van der Waals surface area (Å²) in [6, 6.07) is 15.2. The Balaban J connectivity index is 1.86. The Hall–Kier alpha value is -2.04. The van der Waals surface area contributed by atoms with Gasteiger partial charge in [0, 0.05) is 29.7 Å². The van der Waals surface area contributed by atoms with E-state index in [0.717, 1.165) is 11.1 Å². The largest absolute Gasteiger partial charge is 0.483 e. The zero-order valence-electron chi connectivity index (χ0n) is 13.7. The molecule has 1 atom stereocenters. The molecule has 0 aliphatic carbocycles. The van der Waals surface area contributed by atoms with Gasteiger partial charge in [-0.05, 0) is 31.0 Å². The van der Waals surface area contributed by atoms with Crippen LogP contribution in [0.15, 0.2) is 48.5 Å². The molecule has 0 aliphatic heterocycles. The number of carbonyl (C=O) groups is 1. The Morgan fingerprint density at radius 2 is 1.96 bits per heavy atom. The lowest BCUT2D eigenvalue weighted by Gasteiger charge is -2.17. The van der Waals surface area contributed by atoms with Gasteiger partial charge in [0.15, 0.2) is 6.61 Å². The zero-order chi connectivity index (χ0) is 17.4. The van der Waals surface area contributed by atoms with Crippen molar-refractivity contribution in [1.29, 1.82) is 0 Å². The first-order valence-corrected chi connectivity index (χ1v) is 8.30. The number of hydrogen-bond donors (Lipinski definition) is 2. The van der Waals surface area contributed by atoms with Gasteiger partial charge in [0.1, 0.15) is 5.75 Å². The van der Waals surface area contributed by atoms with Crippen LogP contribution in [0.5, 0.6) is 5.75 Å². The van der Waals surface area contributed by atoms with Crippen molar-refractivity contribution in [2.75, 3.05) is 19.8 Å². The predicted molar refractivity (Wildman–Crippen MR) is 95.6 cm³/mol. The molecule has 2 aromatic carbocycles. The van der Waals surface area contributed by atoms with Crippen LogP contribution in [-0.4, -0.2) is 30.8 Å². The molecule has 1 amide bonds. The maximum atomic E-state index is 12.0. The molecule has 0 saturated carbocycles. The zero-order valence-corrected chi connectivity index (χ0v) is 14.4. The lowest BCUT2D eigenvalue weighted by molar-refractivity contribution is -0.123. The second-order valence-corrected chi connectivity index (χ2v) is 5.98. The topological polar surface area (TPSA) is 58.6 Å². The highest BCUT2D eigenvalue weighted by Crippen LogP contribution is 2.24. The number of amides is 1. The Labute approximate surface area is 147 Å². The van der Waals surface area contributed by atoms with Crippen molar-refractivity contribution in [3.63, 3.8) is 0 Å². The minimum Gasteiger partial charge on any atom is -0.483 e. The second-order valence-electron chi connectivity index (χ2n) is 5.58. The maximum Gasteiger partial charge on any atom is 0.257 e. The number of aliphatic hydroxyl groups is 1. The Morgan fingerprint density at radius 1 is 1.21 bits per heavy atom. The van der Waals surface area contributed by atoms with Gasteiger partial charge < -0.3 is 15.2 Å². The summed E-state index contributed by atoms with van der Waals surface area (Å²) in [5.74, 6) is 0.480. The van der Waals surface area contributed by atoms with Gasteiger partial charge in [-0.1, -0.05) is 48.0 Å². The number of halogens is 1. The second kappa shape index (κ2) is 9.30. The summed E-state index contributed by atoms with van der Waals surface area (Å²) < 4.78 is 5.53. The van der Waals surface area contributed by atoms with E-state index in [4.69, 9.17) is 16.3 Å². The lowest BCUT2D eigenvalue weighted by atomic mass is 9.96. The van der Waals surface area contributed by atoms with E-state index in [-0.39, 0.29) is 25.0 Å². The van der Waals surface area contributed by atoms with E-state index in [0.29, 0.717) is 23.7 Å². The Bertz CT molecular complexity index is 661. The van der Waals surface area contributed by atoms with Crippen LogP contribution in [0, 0.1) is 6.92 Å². The summed E-state index contributed by atoms with van der Waals surface area (Å²) in [4.78, 5) is 12.0. The molecular weight excluding hydrogens is 326 g/mol. The van der Waals surface area contributed by atoms with E-state index in [1.54, 1.807) is 18.2 Å². The van der Waals surface area contributed by atoms with E-state index in [1.807, 2.05) is 37.3 Å². The molecule has 0 saturated heterocycles. The van der Waals surface area contributed by atoms with Gasteiger partial charge in [0.05, 0.1) is 0 Å². The highest BCUT2D eigenvalue weighted by Gasteiger charge is 2.13. The average molecular weight is 348 g/mol. The highest BCUT2D eigenvalue weighted by molar-refractivity contribution is 6.31. The van der Waals surface area contributed by atoms with Gasteiger partial charge in [-0.3, -0.25) is 4.79 Å². The van der Waals surface area contributed by atoms with Crippen molar-refractivity contribution < 1.29 is 14.6 Å². The molecule has 5 heteroatoms. The first-order chi connectivity index (χ1) is 11.6. The van der Waals surface area contributed by atoms with Crippen molar-refractivity contribution >= 4 is 17.5 Å². The Kier molecular flexibility index (Phi) is 7.09. The molecule has 1 unspecified atom stereocenters. The molecule has 128 valence electrons. The number of aliphatic hydroxyl groups excluding tert-OH is 1. The third kappa shape index (κ3) is 5.25. The first kappa shape index (κ1) is 18.3. The molecule has 0 spiro atoms. The van der Waals surface area contributed by atoms with Crippen LogP contribution in [0.4, 0.5) is 0 Å². The predicted octanol–water partition coefficient (Wildman–Crippen LogP) is 3.31. The SMILES string of the molecule is Cc1c(Cl)cccc1OCC(=O)NCC(CCO)c1ccccc1. The number of carbonyl (C=O) groups excluding carboxylic acids is 1. The molecule has 0 aromatic heterocycles. The normalized spacial score (nSPS) is 11.8. The van der Waals surface area contributed by atoms with Crippen LogP contribution < -0.4 is 10.1 Å². The highest BCUT2D eigenvalue weighted by atomic mass is 35.5. The quantitative estimate of drug-likeness (QED) is 0.770. The Morgan fingerprint density at radius 3 is 2.67 bits per heavy atom. The van der Waals surface area contributed by atoms with Crippen LogP contribution in [0.2, 0.25) is 5.02 Å². The van der Waals surface area contributed by atoms with E-state index >= 15 is 0 Å². The number of nitrogens with one attached hydrogen (secondary N) is 1. The summed E-state index contributed by atoms with van der Waals surface area (Å²) in [5, 5.41) is 12.7. The monoisotopic (exact) mass is 347 g/mol.